The summed E-state index contributed by atoms with van der Waals surface area (Å²) in [5.41, 5.74) is 3.55. The number of aliphatic hydroxyl groups is 1. The van der Waals surface area contributed by atoms with Gasteiger partial charge in [0.15, 0.2) is 5.78 Å². The van der Waals surface area contributed by atoms with Gasteiger partial charge in [-0.05, 0) is 69.9 Å². The zero-order chi connectivity index (χ0) is 43.4. The molecule has 19 heteroatoms. The van der Waals surface area contributed by atoms with Gasteiger partial charge in [-0.1, -0.05) is 23.6 Å². The van der Waals surface area contributed by atoms with Crippen LogP contribution in [0.3, 0.4) is 0 Å². The van der Waals surface area contributed by atoms with Crippen LogP contribution in [0, 0.1) is 29.4 Å². The molecule has 0 aliphatic heterocycles. The number of Topliss-reactive ketones (excluding diaryl/α,β-unsaturated/α-hetero) is 1. The third-order valence-corrected chi connectivity index (χ3v) is 12.3. The third kappa shape index (κ3) is 7.64. The molecule has 8 rings (SSSR count). The Morgan fingerprint density at radius 1 is 1.08 bits per heavy atom. The molecule has 0 amide bonds. The first-order chi connectivity index (χ1) is 27.9. The van der Waals surface area contributed by atoms with Gasteiger partial charge in [0, 0.05) is 59.7 Å². The van der Waals surface area contributed by atoms with Gasteiger partial charge in [-0.3, -0.25) is 18.4 Å². The van der Waals surface area contributed by atoms with Crippen LogP contribution in [0.1, 0.15) is 83.5 Å². The Labute approximate surface area is 342 Å². The van der Waals surface area contributed by atoms with E-state index < -0.39 is 106 Å². The van der Waals surface area contributed by atoms with Crippen molar-refractivity contribution in [2.75, 3.05) is 12.0 Å². The summed E-state index contributed by atoms with van der Waals surface area (Å²) >= 11 is 6.70. The number of alkyl halides is 6. The van der Waals surface area contributed by atoms with E-state index in [1.165, 1.54) is 23.1 Å². The molecule has 0 saturated heterocycles. The molecule has 3 aliphatic rings. The van der Waals surface area contributed by atoms with Crippen LogP contribution in [0.4, 0.5) is 40.8 Å². The maximum Gasteiger partial charge on any atom is 0.293 e. The average molecular weight is 879 g/mol. The number of benzene rings is 2. The number of nitrogens with two attached hydrogens (primary N) is 1. The molecule has 1 unspecified atom stereocenters. The highest BCUT2D eigenvalue weighted by Crippen LogP contribution is 2.68. The van der Waals surface area contributed by atoms with Crippen molar-refractivity contribution >= 4 is 49.4 Å². The molecular formula is C41H35ClF8N6O3S. The third-order valence-electron chi connectivity index (χ3n) is 11.1. The quantitative estimate of drug-likeness (QED) is 0.0787. The smallest absolute Gasteiger partial charge is 0.293 e. The Morgan fingerprint density at radius 3 is 2.40 bits per heavy atom. The number of rotatable bonds is 11. The lowest BCUT2D eigenvalue weighted by Gasteiger charge is -2.39. The fraction of sp³-hybridized carbons (Fsp3) is 0.390. The van der Waals surface area contributed by atoms with Crippen molar-refractivity contribution in [2.45, 2.75) is 80.1 Å². The molecule has 2 fully saturated rings. The predicted octanol–water partition coefficient (Wildman–Crippen LogP) is 7.84. The molecule has 3 aromatic heterocycles. The van der Waals surface area contributed by atoms with Crippen LogP contribution in [0.25, 0.3) is 22.0 Å². The Kier molecular flexibility index (Phi) is 9.95. The lowest BCUT2D eigenvalue weighted by molar-refractivity contribution is -0.176. The number of aromatic nitrogens is 5. The summed E-state index contributed by atoms with van der Waals surface area (Å²) < 4.78 is 131. The normalized spacial score (nSPS) is 20.8. The van der Waals surface area contributed by atoms with Crippen LogP contribution in [0.5, 0.6) is 0 Å². The topological polar surface area (TPSA) is 129 Å². The minimum atomic E-state index is -3.52. The van der Waals surface area contributed by atoms with Crippen LogP contribution in [-0.4, -0.2) is 63.3 Å². The number of halogens is 9. The van der Waals surface area contributed by atoms with Crippen LogP contribution < -0.4 is 5.73 Å². The minimum absolute atomic E-state index is 0.00505. The summed E-state index contributed by atoms with van der Waals surface area (Å²) in [5, 5.41) is 19.6. The predicted molar refractivity (Wildman–Crippen MR) is 209 cm³/mol. The molecule has 3 N–H and O–H groups in total. The summed E-state index contributed by atoms with van der Waals surface area (Å²) in [6.07, 6.45) is -4.55. The fourth-order valence-corrected chi connectivity index (χ4v) is 9.71. The summed E-state index contributed by atoms with van der Waals surface area (Å²) in [6, 6.07) is 7.19. The number of carbonyl (C=O) groups excluding carboxylic acids is 1. The van der Waals surface area contributed by atoms with Gasteiger partial charge in [0.25, 0.3) is 18.3 Å². The number of ketones is 1. The van der Waals surface area contributed by atoms with E-state index in [2.05, 4.69) is 27.9 Å². The van der Waals surface area contributed by atoms with E-state index in [0.29, 0.717) is 32.9 Å². The molecule has 316 valence electrons. The summed E-state index contributed by atoms with van der Waals surface area (Å²) in [4.78, 5) is 18.8. The standard InChI is InChI=1S/C41H35ClF8N6O3S/c1-55-36-24(4-5-28(42)33(36)31(53-55)16-60(2,3)59)25-14-29(51)30(6-7-39(58)17-40(47,48)18-39)52-34(25)20(8-19-9-21(43)12-22(44)10-19)11-23(57)15-56-37-32(35(54-56)38(45)46)26-13-27(26)41(37,49)50/h4-5,9-10,12,14,20,26-27,38,58H,2,8,11,13,15-18,51H2,1,3H3/t20-,26+,27-,60?/m1/s1. The van der Waals surface area contributed by atoms with E-state index in [1.807, 2.05) is 0 Å². The Balaban J connectivity index is 1.29. The van der Waals surface area contributed by atoms with Gasteiger partial charge in [0.05, 0.1) is 46.2 Å². The molecule has 4 atom stereocenters. The highest BCUT2D eigenvalue weighted by molar-refractivity contribution is 7.98. The van der Waals surface area contributed by atoms with Crippen molar-refractivity contribution in [1.82, 2.24) is 24.5 Å². The van der Waals surface area contributed by atoms with Gasteiger partial charge in [0.1, 0.15) is 40.9 Å². The average Bonchev–Trinajstić information content (AvgIpc) is 3.65. The zero-order valence-corrected chi connectivity index (χ0v) is 33.4. The molecule has 3 aliphatic carbocycles. The van der Waals surface area contributed by atoms with Crippen LogP contribution in [0.2, 0.25) is 5.02 Å². The molecule has 0 bridgehead atoms. The molecule has 3 heterocycles. The van der Waals surface area contributed by atoms with Gasteiger partial charge in [-0.15, -0.1) is 0 Å². The van der Waals surface area contributed by atoms with E-state index in [4.69, 9.17) is 22.3 Å². The number of anilines is 1. The summed E-state index contributed by atoms with van der Waals surface area (Å²) in [7, 11) is -1.06. The van der Waals surface area contributed by atoms with Gasteiger partial charge >= 0.3 is 0 Å². The number of hydrogen-bond donors (Lipinski definition) is 2. The first kappa shape index (κ1) is 41.7. The number of aryl methyl sites for hydroxylation is 1. The van der Waals surface area contributed by atoms with Gasteiger partial charge in [-0.2, -0.15) is 19.0 Å². The van der Waals surface area contributed by atoms with Crippen molar-refractivity contribution in [3.8, 4) is 23.0 Å². The van der Waals surface area contributed by atoms with Crippen LogP contribution >= 0.6 is 11.6 Å². The van der Waals surface area contributed by atoms with E-state index in [-0.39, 0.29) is 57.4 Å². The van der Waals surface area contributed by atoms with Crippen molar-refractivity contribution in [3.05, 3.63) is 92.7 Å². The Morgan fingerprint density at radius 2 is 1.77 bits per heavy atom. The molecule has 0 radical (unpaired) electrons. The highest BCUT2D eigenvalue weighted by atomic mass is 35.5. The molecule has 2 aromatic carbocycles. The van der Waals surface area contributed by atoms with Crippen molar-refractivity contribution in [1.29, 1.82) is 0 Å². The van der Waals surface area contributed by atoms with Gasteiger partial charge < -0.3 is 10.8 Å². The molecule has 0 spiro atoms. The Bertz CT molecular complexity index is 2780. The molecule has 2 saturated carbocycles. The number of carbonyl (C=O) groups is 1. The largest absolute Gasteiger partial charge is 0.396 e. The maximum absolute atomic E-state index is 15.5. The van der Waals surface area contributed by atoms with Crippen LogP contribution in [0.15, 0.2) is 36.4 Å². The summed E-state index contributed by atoms with van der Waals surface area (Å²) in [6.45, 7) is -0.867. The number of pyridine rings is 1. The highest BCUT2D eigenvalue weighted by Gasteiger charge is 2.67. The van der Waals surface area contributed by atoms with Crippen LogP contribution in [-0.2, 0) is 46.0 Å². The first-order valence-corrected chi connectivity index (χ1v) is 21.2. The minimum Gasteiger partial charge on any atom is -0.396 e. The molecular weight excluding hydrogens is 844 g/mol. The van der Waals surface area contributed by atoms with Gasteiger partial charge in [0.2, 0.25) is 0 Å². The molecule has 5 aromatic rings. The maximum atomic E-state index is 15.5. The number of hydrogen-bond acceptors (Lipinski definition) is 7. The lowest BCUT2D eigenvalue weighted by Crippen LogP contribution is -2.50. The fourth-order valence-electron chi connectivity index (χ4n) is 8.67. The monoisotopic (exact) mass is 878 g/mol. The van der Waals surface area contributed by atoms with E-state index >= 15 is 8.78 Å². The van der Waals surface area contributed by atoms with Crippen molar-refractivity contribution in [3.63, 3.8) is 0 Å². The van der Waals surface area contributed by atoms with Crippen molar-refractivity contribution in [2.24, 2.45) is 13.0 Å². The zero-order valence-electron chi connectivity index (χ0n) is 31.8. The number of nitrogen functional groups attached to an aromatic ring is 1. The summed E-state index contributed by atoms with van der Waals surface area (Å²) in [5.74, 6) is -3.94. The van der Waals surface area contributed by atoms with E-state index in [0.717, 1.165) is 12.1 Å². The van der Waals surface area contributed by atoms with Gasteiger partial charge in [-0.25, -0.2) is 31.3 Å². The number of nitrogens with zero attached hydrogens (tertiary/aromatic N) is 5. The lowest BCUT2D eigenvalue weighted by atomic mass is 9.77. The molecule has 60 heavy (non-hydrogen) atoms. The SMILES string of the molecule is C=S(C)(=O)Cc1nn(C)c2c(-c3cc(N)c(C#CC4(O)CC(F)(F)C4)nc3[C@@H](CC(=O)Cn3nc(C(F)F)c4c3C(F)(F)[C@@H]3C[C@H]43)Cc3cc(F)cc(F)c3)ccc(Cl)c12. The van der Waals surface area contributed by atoms with E-state index in [1.54, 1.807) is 13.1 Å². The molecule has 9 nitrogen and oxygen atoms in total. The Hall–Kier alpha value is -4.99. The van der Waals surface area contributed by atoms with E-state index in [9.17, 15) is 40.5 Å². The second-order valence-electron chi connectivity index (χ2n) is 16.2. The second kappa shape index (κ2) is 14.3. The number of fused-ring (bicyclic) bond motifs is 4. The first-order valence-electron chi connectivity index (χ1n) is 18.6. The van der Waals surface area contributed by atoms with Crippen molar-refractivity contribution < 1.29 is 49.2 Å². The second-order valence-corrected chi connectivity index (χ2v) is 19.2.